The Morgan fingerprint density at radius 1 is 1.40 bits per heavy atom. The van der Waals surface area contributed by atoms with E-state index in [1.54, 1.807) is 22.7 Å². The molecule has 0 aliphatic heterocycles. The fourth-order valence-electron chi connectivity index (χ4n) is 2.31. The van der Waals surface area contributed by atoms with E-state index in [0.717, 1.165) is 30.8 Å². The number of methoxy groups -OCH3 is 1. The van der Waals surface area contributed by atoms with E-state index < -0.39 is 6.10 Å². The molecule has 2 rings (SSSR count). The number of aromatic nitrogens is 4. The second kappa shape index (κ2) is 6.09. The highest BCUT2D eigenvalue weighted by atomic mass is 16.5. The van der Waals surface area contributed by atoms with Gasteiger partial charge in [-0.2, -0.15) is 10.2 Å². The van der Waals surface area contributed by atoms with Gasteiger partial charge in [0, 0.05) is 13.6 Å². The monoisotopic (exact) mass is 278 g/mol. The standard InChI is InChI=1S/C14H22N4O2/c1-5-7-18-13(12(20-4)9-15-18)14(19)11-8-10(6-2)16-17(11)3/h8-9,14,19H,5-7H2,1-4H3. The van der Waals surface area contributed by atoms with Gasteiger partial charge in [0.2, 0.25) is 0 Å². The van der Waals surface area contributed by atoms with Crippen molar-refractivity contribution in [1.82, 2.24) is 19.6 Å². The van der Waals surface area contributed by atoms with Crippen LogP contribution >= 0.6 is 0 Å². The van der Waals surface area contributed by atoms with Gasteiger partial charge in [-0.05, 0) is 18.9 Å². The number of hydrogen-bond donors (Lipinski definition) is 1. The molecule has 2 aromatic heterocycles. The molecule has 2 heterocycles. The average molecular weight is 278 g/mol. The van der Waals surface area contributed by atoms with E-state index in [2.05, 4.69) is 17.1 Å². The third kappa shape index (κ3) is 2.56. The molecule has 0 spiro atoms. The largest absolute Gasteiger partial charge is 0.493 e. The summed E-state index contributed by atoms with van der Waals surface area (Å²) in [7, 11) is 3.43. The minimum atomic E-state index is -0.795. The van der Waals surface area contributed by atoms with E-state index in [9.17, 15) is 5.11 Å². The lowest BCUT2D eigenvalue weighted by molar-refractivity contribution is 0.192. The van der Waals surface area contributed by atoms with Gasteiger partial charge in [-0.25, -0.2) is 0 Å². The van der Waals surface area contributed by atoms with Crippen molar-refractivity contribution in [3.63, 3.8) is 0 Å². The third-order valence-corrected chi connectivity index (χ3v) is 3.37. The number of ether oxygens (including phenoxy) is 1. The molecule has 0 aliphatic rings. The minimum Gasteiger partial charge on any atom is -0.493 e. The van der Waals surface area contributed by atoms with Gasteiger partial charge in [0.05, 0.1) is 24.7 Å². The molecule has 6 nitrogen and oxygen atoms in total. The van der Waals surface area contributed by atoms with Crippen LogP contribution in [0, 0.1) is 0 Å². The summed E-state index contributed by atoms with van der Waals surface area (Å²) in [6.45, 7) is 4.86. The lowest BCUT2D eigenvalue weighted by Crippen LogP contribution is -2.14. The third-order valence-electron chi connectivity index (χ3n) is 3.37. The Kier molecular flexibility index (Phi) is 4.44. The Hall–Kier alpha value is -1.82. The van der Waals surface area contributed by atoms with Crippen molar-refractivity contribution < 1.29 is 9.84 Å². The fourth-order valence-corrected chi connectivity index (χ4v) is 2.31. The normalized spacial score (nSPS) is 12.7. The maximum Gasteiger partial charge on any atom is 0.163 e. The summed E-state index contributed by atoms with van der Waals surface area (Å²) in [6, 6.07) is 1.92. The lowest BCUT2D eigenvalue weighted by atomic mass is 10.1. The van der Waals surface area contributed by atoms with Crippen LogP contribution in [0.5, 0.6) is 5.75 Å². The Morgan fingerprint density at radius 3 is 2.70 bits per heavy atom. The van der Waals surface area contributed by atoms with Crippen LogP contribution in [0.4, 0.5) is 0 Å². The highest BCUT2D eigenvalue weighted by Crippen LogP contribution is 2.30. The second-order valence-corrected chi connectivity index (χ2v) is 4.76. The predicted octanol–water partition coefficient (Wildman–Crippen LogP) is 1.68. The maximum atomic E-state index is 10.7. The Bertz CT molecular complexity index is 574. The second-order valence-electron chi connectivity index (χ2n) is 4.76. The van der Waals surface area contributed by atoms with E-state index in [1.165, 1.54) is 0 Å². The number of rotatable bonds is 6. The van der Waals surface area contributed by atoms with Gasteiger partial charge >= 0.3 is 0 Å². The van der Waals surface area contributed by atoms with E-state index >= 15 is 0 Å². The summed E-state index contributed by atoms with van der Waals surface area (Å²) in [5, 5.41) is 19.3. The Labute approximate surface area is 119 Å². The molecule has 110 valence electrons. The van der Waals surface area contributed by atoms with Crippen molar-refractivity contribution in [2.24, 2.45) is 7.05 Å². The van der Waals surface area contributed by atoms with Crippen LogP contribution in [-0.2, 0) is 20.0 Å². The van der Waals surface area contributed by atoms with E-state index in [0.29, 0.717) is 11.4 Å². The first-order chi connectivity index (χ1) is 9.62. The molecular formula is C14H22N4O2. The first kappa shape index (κ1) is 14.6. The zero-order valence-corrected chi connectivity index (χ0v) is 12.5. The quantitative estimate of drug-likeness (QED) is 0.873. The molecule has 0 amide bonds. The van der Waals surface area contributed by atoms with E-state index in [-0.39, 0.29) is 0 Å². The van der Waals surface area contributed by atoms with Gasteiger partial charge in [-0.3, -0.25) is 9.36 Å². The Balaban J connectivity index is 2.43. The molecular weight excluding hydrogens is 256 g/mol. The highest BCUT2D eigenvalue weighted by molar-refractivity contribution is 5.33. The number of hydrogen-bond acceptors (Lipinski definition) is 4. The zero-order valence-electron chi connectivity index (χ0n) is 12.5. The molecule has 0 saturated heterocycles. The van der Waals surface area contributed by atoms with Gasteiger partial charge in [0.25, 0.3) is 0 Å². The summed E-state index contributed by atoms with van der Waals surface area (Å²) >= 11 is 0. The van der Waals surface area contributed by atoms with Crippen molar-refractivity contribution in [3.05, 3.63) is 29.3 Å². The molecule has 0 bridgehead atoms. The molecule has 0 fully saturated rings. The fraction of sp³-hybridized carbons (Fsp3) is 0.571. The van der Waals surface area contributed by atoms with E-state index in [4.69, 9.17) is 4.74 Å². The number of aliphatic hydroxyl groups excluding tert-OH is 1. The SMILES string of the molecule is CCCn1ncc(OC)c1C(O)c1cc(CC)nn1C. The summed E-state index contributed by atoms with van der Waals surface area (Å²) in [6.07, 6.45) is 2.63. The van der Waals surface area contributed by atoms with Crippen LogP contribution in [0.15, 0.2) is 12.3 Å². The van der Waals surface area contributed by atoms with Crippen LogP contribution in [0.2, 0.25) is 0 Å². The van der Waals surface area contributed by atoms with Crippen molar-refractivity contribution in [1.29, 1.82) is 0 Å². The van der Waals surface area contributed by atoms with Gasteiger partial charge < -0.3 is 9.84 Å². The minimum absolute atomic E-state index is 0.602. The molecule has 0 aliphatic carbocycles. The van der Waals surface area contributed by atoms with Crippen LogP contribution in [0.25, 0.3) is 0 Å². The molecule has 2 aromatic rings. The van der Waals surface area contributed by atoms with Gasteiger partial charge in [0.1, 0.15) is 11.8 Å². The molecule has 1 atom stereocenters. The van der Waals surface area contributed by atoms with Gasteiger partial charge in [-0.1, -0.05) is 13.8 Å². The Morgan fingerprint density at radius 2 is 2.15 bits per heavy atom. The molecule has 0 radical (unpaired) electrons. The van der Waals surface area contributed by atoms with Crippen molar-refractivity contribution in [2.75, 3.05) is 7.11 Å². The molecule has 1 N–H and O–H groups in total. The smallest absolute Gasteiger partial charge is 0.163 e. The summed E-state index contributed by atoms with van der Waals surface area (Å²) < 4.78 is 8.82. The maximum absolute atomic E-state index is 10.7. The van der Waals surface area contributed by atoms with Crippen molar-refractivity contribution in [2.45, 2.75) is 39.3 Å². The van der Waals surface area contributed by atoms with Crippen LogP contribution in [0.1, 0.15) is 43.5 Å². The zero-order chi connectivity index (χ0) is 14.7. The molecule has 6 heteroatoms. The molecule has 20 heavy (non-hydrogen) atoms. The first-order valence-electron chi connectivity index (χ1n) is 6.92. The number of aryl methyl sites for hydroxylation is 3. The van der Waals surface area contributed by atoms with E-state index in [1.807, 2.05) is 20.0 Å². The topological polar surface area (TPSA) is 65.1 Å². The van der Waals surface area contributed by atoms with Gasteiger partial charge in [-0.15, -0.1) is 0 Å². The predicted molar refractivity (Wildman–Crippen MR) is 75.7 cm³/mol. The van der Waals surface area contributed by atoms with Crippen LogP contribution in [-0.4, -0.2) is 31.8 Å². The molecule has 0 saturated carbocycles. The highest BCUT2D eigenvalue weighted by Gasteiger charge is 2.24. The summed E-state index contributed by atoms with van der Waals surface area (Å²) in [4.78, 5) is 0. The van der Waals surface area contributed by atoms with Crippen molar-refractivity contribution in [3.8, 4) is 5.75 Å². The number of nitrogens with zero attached hydrogens (tertiary/aromatic N) is 4. The van der Waals surface area contributed by atoms with Crippen molar-refractivity contribution >= 4 is 0 Å². The molecule has 1 unspecified atom stereocenters. The lowest BCUT2D eigenvalue weighted by Gasteiger charge is -2.14. The first-order valence-corrected chi connectivity index (χ1v) is 6.92. The summed E-state index contributed by atoms with van der Waals surface area (Å²) in [5.74, 6) is 0.602. The summed E-state index contributed by atoms with van der Waals surface area (Å²) in [5.41, 5.74) is 2.39. The van der Waals surface area contributed by atoms with Crippen LogP contribution < -0.4 is 4.74 Å². The molecule has 0 aromatic carbocycles. The average Bonchev–Trinajstić information content (AvgIpc) is 3.02. The number of aliphatic hydroxyl groups is 1. The van der Waals surface area contributed by atoms with Crippen LogP contribution in [0.3, 0.4) is 0 Å². The van der Waals surface area contributed by atoms with Gasteiger partial charge in [0.15, 0.2) is 5.75 Å².